The minimum Gasteiger partial charge on any atom is -0.444 e. The summed E-state index contributed by atoms with van der Waals surface area (Å²) in [7, 11) is 1.72. The number of hydrogen-bond acceptors (Lipinski definition) is 3. The number of pyridine rings is 1. The maximum Gasteiger partial charge on any atom is 0.213 e. The molecule has 2 aliphatic rings. The van der Waals surface area contributed by atoms with E-state index in [1.54, 1.807) is 7.05 Å². The molecule has 3 heterocycles. The molecule has 0 saturated heterocycles. The van der Waals surface area contributed by atoms with E-state index in [2.05, 4.69) is 89.7 Å². The first-order valence-corrected chi connectivity index (χ1v) is 11.2. The number of hydrogen-bond donors (Lipinski definition) is 1. The van der Waals surface area contributed by atoms with E-state index in [-0.39, 0.29) is 12.0 Å². The molecule has 2 atom stereocenters. The first-order valence-electron chi connectivity index (χ1n) is 11.2. The molecule has 1 N–H and O–H groups in total. The molecule has 0 fully saturated rings. The summed E-state index contributed by atoms with van der Waals surface area (Å²) in [5.41, 5.74) is 8.05. The Kier molecular flexibility index (Phi) is 6.13. The Bertz CT molecular complexity index is 1170. The molecule has 0 saturated carbocycles. The maximum absolute atomic E-state index is 5.93. The smallest absolute Gasteiger partial charge is 0.213 e. The summed E-state index contributed by atoms with van der Waals surface area (Å²) in [6.45, 7) is 14.8. The molecule has 1 aromatic heterocycles. The Balaban J connectivity index is 1.83. The molecule has 164 valence electrons. The van der Waals surface area contributed by atoms with Crippen molar-refractivity contribution in [2.75, 3.05) is 7.05 Å². The van der Waals surface area contributed by atoms with Gasteiger partial charge in [-0.1, -0.05) is 43.0 Å². The number of nitrogens with one attached hydrogen (secondary N) is 1. The lowest BCUT2D eigenvalue weighted by Crippen LogP contribution is -2.48. The molecule has 4 rings (SSSR count). The monoisotopic (exact) mass is 426 g/mol. The Labute approximate surface area is 191 Å². The molecule has 0 aliphatic carbocycles. The van der Waals surface area contributed by atoms with Crippen LogP contribution in [0.3, 0.4) is 0 Å². The normalized spacial score (nSPS) is 24.3. The molecule has 0 radical (unpaired) electrons. The fourth-order valence-corrected chi connectivity index (χ4v) is 4.98. The van der Waals surface area contributed by atoms with Crippen molar-refractivity contribution in [1.82, 2.24) is 5.32 Å². The summed E-state index contributed by atoms with van der Waals surface area (Å²) in [6, 6.07) is 15.4. The fraction of sp³-hybridized carbons (Fsp3) is 0.286. The van der Waals surface area contributed by atoms with Crippen LogP contribution in [0.4, 0.5) is 0 Å². The van der Waals surface area contributed by atoms with E-state index >= 15 is 0 Å². The van der Waals surface area contributed by atoms with Crippen LogP contribution in [-0.4, -0.2) is 12.9 Å². The summed E-state index contributed by atoms with van der Waals surface area (Å²) in [5, 5.41) is 3.65. The van der Waals surface area contributed by atoms with Gasteiger partial charge in [-0.25, -0.2) is 0 Å². The molecular weight excluding hydrogens is 394 g/mol. The number of allylic oxidation sites excluding steroid dienone is 3. The lowest BCUT2D eigenvalue weighted by Gasteiger charge is -2.32. The second-order valence-electron chi connectivity index (χ2n) is 8.44. The number of aromatic nitrogens is 1. The molecule has 0 amide bonds. The highest BCUT2D eigenvalue weighted by molar-refractivity contribution is 5.75. The SMILES string of the molecule is C=C(OC(C)=NC)/C1=C(\C)CCC2C(C(=C)N\C1=C/C)c1ccccc1-c1cccc[n+]12. The van der Waals surface area contributed by atoms with Gasteiger partial charge in [-0.3, -0.25) is 4.99 Å². The molecule has 4 nitrogen and oxygen atoms in total. The van der Waals surface area contributed by atoms with Crippen LogP contribution in [0.5, 0.6) is 0 Å². The zero-order valence-electron chi connectivity index (χ0n) is 19.5. The first kappa shape index (κ1) is 21.8. The van der Waals surface area contributed by atoms with Gasteiger partial charge >= 0.3 is 0 Å². The number of fused-ring (bicyclic) bond motifs is 6. The average molecular weight is 427 g/mol. The fourth-order valence-electron chi connectivity index (χ4n) is 4.98. The number of nitrogens with zero attached hydrogens (tertiary/aromatic N) is 2. The Hall–Kier alpha value is -3.40. The molecule has 2 unspecified atom stereocenters. The van der Waals surface area contributed by atoms with Crippen LogP contribution in [0.15, 0.2) is 101 Å². The second kappa shape index (κ2) is 8.99. The second-order valence-corrected chi connectivity index (χ2v) is 8.44. The van der Waals surface area contributed by atoms with Crippen LogP contribution < -0.4 is 9.88 Å². The minimum atomic E-state index is 0.154. The highest BCUT2D eigenvalue weighted by atomic mass is 16.5. The summed E-state index contributed by atoms with van der Waals surface area (Å²) in [6.07, 6.45) is 6.19. The topological polar surface area (TPSA) is 37.5 Å². The predicted octanol–water partition coefficient (Wildman–Crippen LogP) is 5.98. The summed E-state index contributed by atoms with van der Waals surface area (Å²) in [4.78, 5) is 4.13. The Morgan fingerprint density at radius 3 is 2.72 bits per heavy atom. The molecular formula is C28H32N3O+. The van der Waals surface area contributed by atoms with Gasteiger partial charge in [0.2, 0.25) is 5.69 Å². The number of aliphatic imine (C=N–C) groups is 1. The molecule has 2 aromatic rings. The Morgan fingerprint density at radius 2 is 1.97 bits per heavy atom. The van der Waals surface area contributed by atoms with Gasteiger partial charge in [-0.15, -0.1) is 0 Å². The van der Waals surface area contributed by atoms with Crippen LogP contribution in [0.1, 0.15) is 51.1 Å². The van der Waals surface area contributed by atoms with Gasteiger partial charge in [0.05, 0.1) is 11.5 Å². The zero-order valence-corrected chi connectivity index (χ0v) is 19.5. The molecule has 1 aromatic carbocycles. The Morgan fingerprint density at radius 1 is 1.22 bits per heavy atom. The lowest BCUT2D eigenvalue weighted by molar-refractivity contribution is -0.717. The molecule has 32 heavy (non-hydrogen) atoms. The lowest BCUT2D eigenvalue weighted by atomic mass is 9.79. The van der Waals surface area contributed by atoms with Crippen molar-refractivity contribution in [2.45, 2.75) is 45.6 Å². The van der Waals surface area contributed by atoms with Crippen molar-refractivity contribution >= 4 is 5.90 Å². The van der Waals surface area contributed by atoms with E-state index < -0.39 is 0 Å². The third-order valence-corrected chi connectivity index (χ3v) is 6.54. The zero-order chi connectivity index (χ0) is 22.8. The van der Waals surface area contributed by atoms with Crippen LogP contribution in [-0.2, 0) is 4.74 Å². The van der Waals surface area contributed by atoms with Gasteiger partial charge in [-0.2, -0.15) is 4.57 Å². The van der Waals surface area contributed by atoms with E-state index in [4.69, 9.17) is 4.74 Å². The third-order valence-electron chi connectivity index (χ3n) is 6.54. The molecule has 0 bridgehead atoms. The molecule has 0 spiro atoms. The van der Waals surface area contributed by atoms with Crippen LogP contribution >= 0.6 is 0 Å². The summed E-state index contributed by atoms with van der Waals surface area (Å²) < 4.78 is 8.35. The highest BCUT2D eigenvalue weighted by Gasteiger charge is 2.42. The number of rotatable bonds is 2. The average Bonchev–Trinajstić information content (AvgIpc) is 2.86. The van der Waals surface area contributed by atoms with Gasteiger partial charge in [0.15, 0.2) is 18.1 Å². The van der Waals surface area contributed by atoms with Crippen molar-refractivity contribution in [1.29, 1.82) is 0 Å². The van der Waals surface area contributed by atoms with E-state index in [1.165, 1.54) is 22.4 Å². The quantitative estimate of drug-likeness (QED) is 0.278. The van der Waals surface area contributed by atoms with Crippen LogP contribution in [0, 0.1) is 0 Å². The van der Waals surface area contributed by atoms with Gasteiger partial charge in [0.1, 0.15) is 5.76 Å². The summed E-state index contributed by atoms with van der Waals surface area (Å²) >= 11 is 0. The van der Waals surface area contributed by atoms with Gasteiger partial charge in [0, 0.05) is 49.5 Å². The van der Waals surface area contributed by atoms with Crippen molar-refractivity contribution in [3.05, 3.63) is 102 Å². The standard InChI is InChI=1S/C28H32N3O/c1-7-24-27(20(4)32-21(5)29-6)18(2)15-16-26-28(19(3)30-24)23-13-9-8-12-22(23)25-14-10-11-17-31(25)26/h7-14,17,26,28,30H,3-4,15-16H2,1-2,5-6H3/q+1/b24-7-,27-18-,29-21?. The third kappa shape index (κ3) is 3.81. The largest absolute Gasteiger partial charge is 0.444 e. The van der Waals surface area contributed by atoms with Crippen LogP contribution in [0.2, 0.25) is 0 Å². The minimum absolute atomic E-state index is 0.154. The van der Waals surface area contributed by atoms with Crippen molar-refractivity contribution in [3.8, 4) is 11.3 Å². The van der Waals surface area contributed by atoms with E-state index in [1.807, 2.05) is 13.8 Å². The molecule has 4 heteroatoms. The van der Waals surface area contributed by atoms with Crippen LogP contribution in [0.25, 0.3) is 11.3 Å². The first-order chi connectivity index (χ1) is 15.5. The van der Waals surface area contributed by atoms with Gasteiger partial charge in [-0.05, 0) is 38.0 Å². The highest BCUT2D eigenvalue weighted by Crippen LogP contribution is 2.44. The predicted molar refractivity (Wildman–Crippen MR) is 131 cm³/mol. The maximum atomic E-state index is 5.93. The van der Waals surface area contributed by atoms with E-state index in [0.717, 1.165) is 29.8 Å². The van der Waals surface area contributed by atoms with Crippen molar-refractivity contribution in [3.63, 3.8) is 0 Å². The number of benzene rings is 1. The van der Waals surface area contributed by atoms with Crippen molar-refractivity contribution in [2.24, 2.45) is 4.99 Å². The van der Waals surface area contributed by atoms with Gasteiger partial charge < -0.3 is 10.1 Å². The van der Waals surface area contributed by atoms with Gasteiger partial charge in [0.25, 0.3) is 0 Å². The van der Waals surface area contributed by atoms with E-state index in [0.29, 0.717) is 11.7 Å². The molecule has 2 aliphatic heterocycles. The summed E-state index contributed by atoms with van der Waals surface area (Å²) in [5.74, 6) is 1.36. The van der Waals surface area contributed by atoms with E-state index in [9.17, 15) is 0 Å². The van der Waals surface area contributed by atoms with Crippen molar-refractivity contribution < 1.29 is 9.30 Å². The number of ether oxygens (including phenoxy) is 1.